The van der Waals surface area contributed by atoms with Gasteiger partial charge in [0.15, 0.2) is 0 Å². The number of methoxy groups -OCH3 is 1. The molecule has 1 aromatic heterocycles. The molecule has 6 heteroatoms. The molecule has 3 aromatic rings. The van der Waals surface area contributed by atoms with Gasteiger partial charge < -0.3 is 10.5 Å². The molecule has 0 amide bonds. The first-order valence-electron chi connectivity index (χ1n) is 5.87. The van der Waals surface area contributed by atoms with Crippen LogP contribution in [0.15, 0.2) is 30.3 Å². The van der Waals surface area contributed by atoms with Crippen molar-refractivity contribution < 1.29 is 4.74 Å². The van der Waals surface area contributed by atoms with E-state index in [0.717, 1.165) is 16.5 Å². The lowest BCUT2D eigenvalue weighted by Crippen LogP contribution is -1.90. The number of H-pyrrole nitrogens is 1. The Morgan fingerprint density at radius 2 is 2.00 bits per heavy atom. The van der Waals surface area contributed by atoms with Crippen LogP contribution in [0.25, 0.3) is 22.2 Å². The summed E-state index contributed by atoms with van der Waals surface area (Å²) in [5.74, 6) is 0.534. The van der Waals surface area contributed by atoms with Gasteiger partial charge in [-0.2, -0.15) is 5.10 Å². The molecule has 0 aliphatic rings. The van der Waals surface area contributed by atoms with Gasteiger partial charge in [-0.1, -0.05) is 23.2 Å². The standard InChI is InChI=1S/C14H11Cl2N3O/c1-20-14-10(4-7(15)5-11(14)16)13-9-6-8(17)2-3-12(9)18-19-13/h2-6H,17H2,1H3,(H,18,19). The molecule has 3 rings (SSSR count). The second kappa shape index (κ2) is 4.89. The summed E-state index contributed by atoms with van der Waals surface area (Å²) in [4.78, 5) is 0. The zero-order valence-corrected chi connectivity index (χ0v) is 12.1. The average molecular weight is 308 g/mol. The lowest BCUT2D eigenvalue weighted by Gasteiger charge is -2.09. The predicted molar refractivity (Wildman–Crippen MR) is 82.5 cm³/mol. The number of rotatable bonds is 2. The minimum Gasteiger partial charge on any atom is -0.494 e. The van der Waals surface area contributed by atoms with Crippen LogP contribution in [0.2, 0.25) is 10.0 Å². The summed E-state index contributed by atoms with van der Waals surface area (Å²) in [6.07, 6.45) is 0. The number of benzene rings is 2. The van der Waals surface area contributed by atoms with Crippen molar-refractivity contribution in [2.24, 2.45) is 0 Å². The van der Waals surface area contributed by atoms with Crippen LogP contribution >= 0.6 is 23.2 Å². The monoisotopic (exact) mass is 307 g/mol. The van der Waals surface area contributed by atoms with E-state index in [0.29, 0.717) is 27.2 Å². The Morgan fingerprint density at radius 1 is 1.20 bits per heavy atom. The van der Waals surface area contributed by atoms with E-state index < -0.39 is 0 Å². The smallest absolute Gasteiger partial charge is 0.147 e. The highest BCUT2D eigenvalue weighted by atomic mass is 35.5. The maximum Gasteiger partial charge on any atom is 0.147 e. The van der Waals surface area contributed by atoms with E-state index in [4.69, 9.17) is 33.7 Å². The summed E-state index contributed by atoms with van der Waals surface area (Å²) in [6.45, 7) is 0. The van der Waals surface area contributed by atoms with Crippen LogP contribution in [0, 0.1) is 0 Å². The van der Waals surface area contributed by atoms with E-state index in [1.807, 2.05) is 18.2 Å². The fourth-order valence-corrected chi connectivity index (χ4v) is 2.75. The number of hydrogen-bond acceptors (Lipinski definition) is 3. The first-order valence-corrected chi connectivity index (χ1v) is 6.62. The number of nitrogens with two attached hydrogens (primary N) is 1. The van der Waals surface area contributed by atoms with Gasteiger partial charge in [-0.25, -0.2) is 0 Å². The maximum atomic E-state index is 6.16. The van der Waals surface area contributed by atoms with Gasteiger partial charge in [0.1, 0.15) is 11.4 Å². The Hall–Kier alpha value is -1.91. The van der Waals surface area contributed by atoms with Crippen LogP contribution in [0.4, 0.5) is 5.69 Å². The van der Waals surface area contributed by atoms with E-state index in [-0.39, 0.29) is 0 Å². The second-order valence-corrected chi connectivity index (χ2v) is 5.19. The summed E-state index contributed by atoms with van der Waals surface area (Å²) in [6, 6.07) is 8.94. The Labute approximate surface area is 125 Å². The molecule has 0 unspecified atom stereocenters. The van der Waals surface area contributed by atoms with Gasteiger partial charge in [-0.15, -0.1) is 0 Å². The van der Waals surface area contributed by atoms with Crippen molar-refractivity contribution in [2.45, 2.75) is 0 Å². The van der Waals surface area contributed by atoms with Gasteiger partial charge in [0, 0.05) is 21.7 Å². The Bertz CT molecular complexity index is 798. The molecule has 0 aliphatic carbocycles. The van der Waals surface area contributed by atoms with Crippen LogP contribution in [0.1, 0.15) is 0 Å². The van der Waals surface area contributed by atoms with Crippen LogP contribution in [0.3, 0.4) is 0 Å². The zero-order chi connectivity index (χ0) is 14.3. The quantitative estimate of drug-likeness (QED) is 0.700. The van der Waals surface area contributed by atoms with Crippen LogP contribution < -0.4 is 10.5 Å². The van der Waals surface area contributed by atoms with Crippen LogP contribution in [0.5, 0.6) is 5.75 Å². The molecular weight excluding hydrogens is 297 g/mol. The number of halogens is 2. The minimum absolute atomic E-state index is 0.440. The Balaban J connectivity index is 2.33. The molecule has 2 aromatic carbocycles. The molecule has 0 saturated carbocycles. The summed E-state index contributed by atoms with van der Waals surface area (Å²) < 4.78 is 5.36. The van der Waals surface area contributed by atoms with Crippen molar-refractivity contribution >= 4 is 39.8 Å². The summed E-state index contributed by atoms with van der Waals surface area (Å²) in [5, 5.41) is 9.13. The van der Waals surface area contributed by atoms with Crippen molar-refractivity contribution in [3.8, 4) is 17.0 Å². The third-order valence-electron chi connectivity index (χ3n) is 3.05. The molecule has 0 radical (unpaired) electrons. The molecule has 3 N–H and O–H groups in total. The number of nitrogens with zero attached hydrogens (tertiary/aromatic N) is 1. The van der Waals surface area contributed by atoms with Crippen LogP contribution in [-0.4, -0.2) is 17.3 Å². The maximum absolute atomic E-state index is 6.16. The van der Waals surface area contributed by atoms with Gasteiger partial charge in [0.05, 0.1) is 17.6 Å². The molecule has 0 aliphatic heterocycles. The lowest BCUT2D eigenvalue weighted by atomic mass is 10.1. The van der Waals surface area contributed by atoms with Gasteiger partial charge in [0.25, 0.3) is 0 Å². The topological polar surface area (TPSA) is 63.9 Å². The molecule has 20 heavy (non-hydrogen) atoms. The average Bonchev–Trinajstić information content (AvgIpc) is 2.80. The molecule has 0 spiro atoms. The van der Waals surface area contributed by atoms with E-state index >= 15 is 0 Å². The number of ether oxygens (including phenoxy) is 1. The Morgan fingerprint density at radius 3 is 2.75 bits per heavy atom. The van der Waals surface area contributed by atoms with Gasteiger partial charge in [-0.3, -0.25) is 5.10 Å². The van der Waals surface area contributed by atoms with E-state index in [1.54, 1.807) is 19.2 Å². The van der Waals surface area contributed by atoms with Gasteiger partial charge >= 0.3 is 0 Å². The molecule has 1 heterocycles. The summed E-state index contributed by atoms with van der Waals surface area (Å²) >= 11 is 12.2. The number of nitrogen functional groups attached to an aromatic ring is 1. The molecule has 0 fully saturated rings. The molecule has 0 atom stereocenters. The lowest BCUT2D eigenvalue weighted by molar-refractivity contribution is 0.416. The van der Waals surface area contributed by atoms with Gasteiger partial charge in [0.2, 0.25) is 0 Å². The molecule has 0 bridgehead atoms. The zero-order valence-electron chi connectivity index (χ0n) is 10.6. The molecule has 0 saturated heterocycles. The summed E-state index contributed by atoms with van der Waals surface area (Å²) in [7, 11) is 1.56. The van der Waals surface area contributed by atoms with Crippen molar-refractivity contribution in [3.63, 3.8) is 0 Å². The largest absolute Gasteiger partial charge is 0.494 e. The molecule has 102 valence electrons. The van der Waals surface area contributed by atoms with Crippen molar-refractivity contribution in [2.75, 3.05) is 12.8 Å². The van der Waals surface area contributed by atoms with E-state index in [1.165, 1.54) is 0 Å². The van der Waals surface area contributed by atoms with Crippen molar-refractivity contribution in [1.29, 1.82) is 0 Å². The third-order valence-corrected chi connectivity index (χ3v) is 3.55. The number of hydrogen-bond donors (Lipinski definition) is 2. The number of nitrogens with one attached hydrogen (secondary N) is 1. The van der Waals surface area contributed by atoms with Crippen LogP contribution in [-0.2, 0) is 0 Å². The first-order chi connectivity index (χ1) is 9.60. The van der Waals surface area contributed by atoms with Gasteiger partial charge in [-0.05, 0) is 30.3 Å². The normalized spacial score (nSPS) is 10.9. The number of fused-ring (bicyclic) bond motifs is 1. The minimum atomic E-state index is 0.440. The summed E-state index contributed by atoms with van der Waals surface area (Å²) in [5.41, 5.74) is 8.80. The SMILES string of the molecule is COc1c(Cl)cc(Cl)cc1-c1n[nH]c2ccc(N)cc12. The second-order valence-electron chi connectivity index (χ2n) is 4.35. The number of anilines is 1. The Kier molecular flexibility index (Phi) is 3.20. The van der Waals surface area contributed by atoms with E-state index in [9.17, 15) is 0 Å². The molecule has 4 nitrogen and oxygen atoms in total. The first kappa shape index (κ1) is 13.1. The fraction of sp³-hybridized carbons (Fsp3) is 0.0714. The highest BCUT2D eigenvalue weighted by Crippen LogP contribution is 2.40. The van der Waals surface area contributed by atoms with E-state index in [2.05, 4.69) is 10.2 Å². The fourth-order valence-electron chi connectivity index (χ4n) is 2.18. The van der Waals surface area contributed by atoms with Crippen molar-refractivity contribution in [3.05, 3.63) is 40.4 Å². The number of aromatic amines is 1. The predicted octanol–water partition coefficient (Wildman–Crippen LogP) is 4.13. The van der Waals surface area contributed by atoms with Crippen molar-refractivity contribution in [1.82, 2.24) is 10.2 Å². The number of aromatic nitrogens is 2. The highest BCUT2D eigenvalue weighted by Gasteiger charge is 2.16. The highest BCUT2D eigenvalue weighted by molar-refractivity contribution is 6.36. The molecular formula is C14H11Cl2N3O. The third kappa shape index (κ3) is 2.07.